The Morgan fingerprint density at radius 3 is 3.12 bits per heavy atom. The van der Waals surface area contributed by atoms with Crippen LogP contribution in [-0.4, -0.2) is 40.0 Å². The molecule has 1 aliphatic heterocycles. The van der Waals surface area contributed by atoms with E-state index in [9.17, 15) is 4.79 Å². The maximum absolute atomic E-state index is 11.2. The predicted octanol–water partition coefficient (Wildman–Crippen LogP) is 0.866. The summed E-state index contributed by atoms with van der Waals surface area (Å²) < 4.78 is 5.67. The van der Waals surface area contributed by atoms with Gasteiger partial charge in [0.15, 0.2) is 0 Å². The van der Waals surface area contributed by atoms with Gasteiger partial charge in [0.2, 0.25) is 11.8 Å². The van der Waals surface area contributed by atoms with Gasteiger partial charge in [-0.3, -0.25) is 9.78 Å². The molecule has 86 valence electrons. The fourth-order valence-electron chi connectivity index (χ4n) is 1.84. The molecule has 2 rings (SSSR count). The Hall–Kier alpha value is -1.65. The highest BCUT2D eigenvalue weighted by Gasteiger charge is 2.22. The van der Waals surface area contributed by atoms with Gasteiger partial charge in [0, 0.05) is 25.9 Å². The van der Waals surface area contributed by atoms with E-state index in [2.05, 4.69) is 9.97 Å². The van der Waals surface area contributed by atoms with Crippen molar-refractivity contribution >= 4 is 5.91 Å². The molecule has 16 heavy (non-hydrogen) atoms. The van der Waals surface area contributed by atoms with Crippen LogP contribution in [0.3, 0.4) is 0 Å². The van der Waals surface area contributed by atoms with Crippen molar-refractivity contribution in [1.82, 2.24) is 14.9 Å². The Bertz CT molecular complexity index is 356. The van der Waals surface area contributed by atoms with Gasteiger partial charge in [0.05, 0.1) is 12.7 Å². The molecule has 2 heterocycles. The van der Waals surface area contributed by atoms with Gasteiger partial charge in [-0.05, 0) is 12.8 Å². The molecule has 1 unspecified atom stereocenters. The van der Waals surface area contributed by atoms with Crippen LogP contribution in [0.2, 0.25) is 0 Å². The number of hydrogen-bond donors (Lipinski definition) is 0. The second-order valence-electron chi connectivity index (χ2n) is 3.89. The van der Waals surface area contributed by atoms with Crippen LogP contribution in [0.25, 0.3) is 0 Å². The molecule has 1 atom stereocenters. The molecule has 1 aromatic heterocycles. The molecule has 1 fully saturated rings. The Kier molecular flexibility index (Phi) is 3.34. The van der Waals surface area contributed by atoms with E-state index >= 15 is 0 Å². The second kappa shape index (κ2) is 4.92. The number of amides is 1. The topological polar surface area (TPSA) is 55.3 Å². The van der Waals surface area contributed by atoms with E-state index in [-0.39, 0.29) is 12.0 Å². The Balaban J connectivity index is 1.93. The first-order valence-corrected chi connectivity index (χ1v) is 5.44. The number of nitrogens with zero attached hydrogens (tertiary/aromatic N) is 3. The molecule has 5 nitrogen and oxygen atoms in total. The molecule has 1 aromatic rings. The number of carbonyl (C=O) groups excluding carboxylic acids is 1. The first kappa shape index (κ1) is 10.9. The molecular formula is C11H15N3O2. The fraction of sp³-hybridized carbons (Fsp3) is 0.545. The first-order valence-electron chi connectivity index (χ1n) is 5.44. The van der Waals surface area contributed by atoms with Crippen LogP contribution in [0, 0.1) is 0 Å². The lowest BCUT2D eigenvalue weighted by Crippen LogP contribution is -2.43. The molecule has 1 amide bonds. The van der Waals surface area contributed by atoms with Gasteiger partial charge in [-0.15, -0.1) is 0 Å². The molecule has 0 spiro atoms. The van der Waals surface area contributed by atoms with Gasteiger partial charge in [0.25, 0.3) is 0 Å². The number of ether oxygens (including phenoxy) is 1. The molecule has 0 bridgehead atoms. The molecule has 1 aliphatic rings. The van der Waals surface area contributed by atoms with Crippen molar-refractivity contribution in [2.24, 2.45) is 0 Å². The SMILES string of the molecule is CC(=O)N1CCCC(Oc2cnccn2)C1. The third-order valence-corrected chi connectivity index (χ3v) is 2.65. The quantitative estimate of drug-likeness (QED) is 0.743. The molecule has 0 radical (unpaired) electrons. The van der Waals surface area contributed by atoms with E-state index < -0.39 is 0 Å². The number of hydrogen-bond acceptors (Lipinski definition) is 4. The van der Waals surface area contributed by atoms with Crippen molar-refractivity contribution in [1.29, 1.82) is 0 Å². The lowest BCUT2D eigenvalue weighted by molar-refractivity contribution is -0.131. The first-order chi connectivity index (χ1) is 7.75. The number of likely N-dealkylation sites (tertiary alicyclic amines) is 1. The van der Waals surface area contributed by atoms with Crippen molar-refractivity contribution in [3.05, 3.63) is 18.6 Å². The maximum atomic E-state index is 11.2. The molecule has 1 saturated heterocycles. The largest absolute Gasteiger partial charge is 0.471 e. The smallest absolute Gasteiger partial charge is 0.232 e. The van der Waals surface area contributed by atoms with Crippen molar-refractivity contribution in [2.75, 3.05) is 13.1 Å². The highest BCUT2D eigenvalue weighted by atomic mass is 16.5. The zero-order chi connectivity index (χ0) is 11.4. The highest BCUT2D eigenvalue weighted by Crippen LogP contribution is 2.15. The predicted molar refractivity (Wildman–Crippen MR) is 57.9 cm³/mol. The van der Waals surface area contributed by atoms with Crippen LogP contribution in [0.5, 0.6) is 5.88 Å². The minimum absolute atomic E-state index is 0.0364. The lowest BCUT2D eigenvalue weighted by Gasteiger charge is -2.31. The summed E-state index contributed by atoms with van der Waals surface area (Å²) in [5, 5.41) is 0. The average molecular weight is 221 g/mol. The molecule has 5 heteroatoms. The van der Waals surface area contributed by atoms with Gasteiger partial charge < -0.3 is 9.64 Å². The third-order valence-electron chi connectivity index (χ3n) is 2.65. The Morgan fingerprint density at radius 2 is 2.44 bits per heavy atom. The zero-order valence-electron chi connectivity index (χ0n) is 9.30. The van der Waals surface area contributed by atoms with Crippen molar-refractivity contribution in [3.63, 3.8) is 0 Å². The minimum atomic E-state index is 0.0364. The molecule has 0 aliphatic carbocycles. The molecule has 0 saturated carbocycles. The molecular weight excluding hydrogens is 206 g/mol. The van der Waals surface area contributed by atoms with Gasteiger partial charge >= 0.3 is 0 Å². The summed E-state index contributed by atoms with van der Waals surface area (Å²) >= 11 is 0. The number of piperidine rings is 1. The van der Waals surface area contributed by atoms with Crippen LogP contribution < -0.4 is 4.74 Å². The fourth-order valence-corrected chi connectivity index (χ4v) is 1.84. The zero-order valence-corrected chi connectivity index (χ0v) is 9.30. The Labute approximate surface area is 94.5 Å². The van der Waals surface area contributed by atoms with Crippen molar-refractivity contribution in [3.8, 4) is 5.88 Å². The third kappa shape index (κ3) is 2.68. The maximum Gasteiger partial charge on any atom is 0.232 e. The number of aromatic nitrogens is 2. The summed E-state index contributed by atoms with van der Waals surface area (Å²) in [6.45, 7) is 3.06. The average Bonchev–Trinajstić information content (AvgIpc) is 2.30. The van der Waals surface area contributed by atoms with Gasteiger partial charge in [-0.1, -0.05) is 0 Å². The van der Waals surface area contributed by atoms with E-state index in [0.29, 0.717) is 12.4 Å². The van der Waals surface area contributed by atoms with Crippen LogP contribution in [0.15, 0.2) is 18.6 Å². The summed E-state index contributed by atoms with van der Waals surface area (Å²) in [6.07, 6.45) is 6.77. The summed E-state index contributed by atoms with van der Waals surface area (Å²) in [4.78, 5) is 21.0. The van der Waals surface area contributed by atoms with Gasteiger partial charge in [0.1, 0.15) is 6.10 Å². The second-order valence-corrected chi connectivity index (χ2v) is 3.89. The lowest BCUT2D eigenvalue weighted by atomic mass is 10.1. The van der Waals surface area contributed by atoms with Gasteiger partial charge in [-0.2, -0.15) is 0 Å². The van der Waals surface area contributed by atoms with E-state index in [1.54, 1.807) is 25.5 Å². The van der Waals surface area contributed by atoms with Crippen LogP contribution in [0.1, 0.15) is 19.8 Å². The number of carbonyl (C=O) groups is 1. The minimum Gasteiger partial charge on any atom is -0.471 e. The van der Waals surface area contributed by atoms with Crippen LogP contribution >= 0.6 is 0 Å². The number of rotatable bonds is 2. The standard InChI is InChI=1S/C11H15N3O2/c1-9(15)14-6-2-3-10(8-14)16-11-7-12-4-5-13-11/h4-5,7,10H,2-3,6,8H2,1H3. The monoisotopic (exact) mass is 221 g/mol. The normalized spacial score (nSPS) is 20.6. The van der Waals surface area contributed by atoms with E-state index in [4.69, 9.17) is 4.74 Å². The summed E-state index contributed by atoms with van der Waals surface area (Å²) in [7, 11) is 0. The molecule has 0 N–H and O–H groups in total. The van der Waals surface area contributed by atoms with Crippen LogP contribution in [0.4, 0.5) is 0 Å². The summed E-state index contributed by atoms with van der Waals surface area (Å²) in [5.74, 6) is 0.630. The molecule has 0 aromatic carbocycles. The van der Waals surface area contributed by atoms with E-state index in [1.807, 2.05) is 4.90 Å². The van der Waals surface area contributed by atoms with Crippen LogP contribution in [-0.2, 0) is 4.79 Å². The summed E-state index contributed by atoms with van der Waals surface area (Å²) in [6, 6.07) is 0. The summed E-state index contributed by atoms with van der Waals surface area (Å²) in [5.41, 5.74) is 0. The Morgan fingerprint density at radius 1 is 1.56 bits per heavy atom. The van der Waals surface area contributed by atoms with Crippen molar-refractivity contribution in [2.45, 2.75) is 25.9 Å². The van der Waals surface area contributed by atoms with Crippen molar-refractivity contribution < 1.29 is 9.53 Å². The highest BCUT2D eigenvalue weighted by molar-refractivity contribution is 5.73. The van der Waals surface area contributed by atoms with Gasteiger partial charge in [-0.25, -0.2) is 4.98 Å². The van der Waals surface area contributed by atoms with E-state index in [0.717, 1.165) is 19.4 Å². The van der Waals surface area contributed by atoms with E-state index in [1.165, 1.54) is 0 Å².